The zero-order valence-corrected chi connectivity index (χ0v) is 24.0. The van der Waals surface area contributed by atoms with Crippen molar-refractivity contribution in [3.63, 3.8) is 0 Å². The summed E-state index contributed by atoms with van der Waals surface area (Å²) in [6.45, 7) is 4.25. The lowest BCUT2D eigenvalue weighted by molar-refractivity contribution is -0.143. The van der Waals surface area contributed by atoms with E-state index in [9.17, 15) is 23.9 Å². The molecule has 0 unspecified atom stereocenters. The molecule has 3 aromatic carbocycles. The number of carbonyl (C=O) groups excluding carboxylic acids is 3. The minimum absolute atomic E-state index is 0.115. The molecule has 0 radical (unpaired) electrons. The fourth-order valence-corrected chi connectivity index (χ4v) is 5.16. The molecule has 4 aromatic rings. The van der Waals surface area contributed by atoms with Crippen molar-refractivity contribution >= 4 is 23.3 Å². The summed E-state index contributed by atoms with van der Waals surface area (Å²) in [5, 5.41) is 13.8. The van der Waals surface area contributed by atoms with Gasteiger partial charge in [-0.25, -0.2) is 4.39 Å². The van der Waals surface area contributed by atoms with Gasteiger partial charge in [0.25, 0.3) is 5.91 Å². The number of aliphatic hydroxyl groups is 1. The molecule has 1 amide bonds. The highest BCUT2D eigenvalue weighted by Gasteiger charge is 2.31. The largest absolute Gasteiger partial charge is 0.469 e. The highest BCUT2D eigenvalue weighted by molar-refractivity contribution is 6.12. The van der Waals surface area contributed by atoms with Crippen molar-refractivity contribution in [3.05, 3.63) is 102 Å². The van der Waals surface area contributed by atoms with Gasteiger partial charge in [0.05, 0.1) is 24.5 Å². The second-order valence-electron chi connectivity index (χ2n) is 10.4. The number of esters is 1. The Kier molecular flexibility index (Phi) is 10.0. The van der Waals surface area contributed by atoms with Crippen molar-refractivity contribution < 1.29 is 28.6 Å². The molecule has 2 N–H and O–H groups in total. The molecule has 1 aromatic heterocycles. The molecule has 7 nitrogen and oxygen atoms in total. The minimum Gasteiger partial charge on any atom is -0.469 e. The number of nitrogens with one attached hydrogen (secondary N) is 1. The van der Waals surface area contributed by atoms with E-state index in [1.54, 1.807) is 12.1 Å². The molecule has 0 aliphatic carbocycles. The van der Waals surface area contributed by atoms with Crippen LogP contribution in [0.1, 0.15) is 55.1 Å². The van der Waals surface area contributed by atoms with E-state index >= 15 is 0 Å². The Bertz CT molecular complexity index is 1530. The van der Waals surface area contributed by atoms with Gasteiger partial charge in [-0.05, 0) is 59.9 Å². The van der Waals surface area contributed by atoms with Gasteiger partial charge in [-0.2, -0.15) is 0 Å². The van der Waals surface area contributed by atoms with Gasteiger partial charge in [-0.1, -0.05) is 62.4 Å². The lowest BCUT2D eigenvalue weighted by Crippen LogP contribution is -2.20. The van der Waals surface area contributed by atoms with E-state index < -0.39 is 24.3 Å². The standard InChI is InChI=1S/C34H35FN2O5/c1-22(2)32-31(34(41)36-26-12-8-5-9-13-26)30(23-10-6-4-7-11-23)33(24-14-16-25(35)17-15-24)37(32)19-18-27(38)20-28(39)21-29(40)42-3/h4-17,22,27,38H,18-21H2,1-3H3,(H,36,41)/t27-/m1/s1. The fraction of sp³-hybridized carbons (Fsp3) is 0.265. The lowest BCUT2D eigenvalue weighted by Gasteiger charge is -2.19. The van der Waals surface area contributed by atoms with Crippen molar-refractivity contribution in [2.45, 2.75) is 51.7 Å². The second-order valence-corrected chi connectivity index (χ2v) is 10.4. The van der Waals surface area contributed by atoms with Crippen LogP contribution in [0, 0.1) is 5.82 Å². The average Bonchev–Trinajstić information content (AvgIpc) is 3.33. The summed E-state index contributed by atoms with van der Waals surface area (Å²) in [6.07, 6.45) is -1.44. The van der Waals surface area contributed by atoms with Gasteiger partial charge < -0.3 is 19.7 Å². The zero-order chi connectivity index (χ0) is 30.2. The third-order valence-electron chi connectivity index (χ3n) is 7.01. The first-order valence-corrected chi connectivity index (χ1v) is 13.9. The number of ether oxygens (including phenoxy) is 1. The number of benzene rings is 3. The predicted molar refractivity (Wildman–Crippen MR) is 161 cm³/mol. The third-order valence-corrected chi connectivity index (χ3v) is 7.01. The maximum atomic E-state index is 14.1. The van der Waals surface area contributed by atoms with Crippen molar-refractivity contribution in [1.29, 1.82) is 0 Å². The predicted octanol–water partition coefficient (Wildman–Crippen LogP) is 6.61. The molecular formula is C34H35FN2O5. The van der Waals surface area contributed by atoms with Crippen LogP contribution < -0.4 is 5.32 Å². The number of hydrogen-bond acceptors (Lipinski definition) is 5. The molecule has 0 aliphatic rings. The fourth-order valence-electron chi connectivity index (χ4n) is 5.16. The lowest BCUT2D eigenvalue weighted by atomic mass is 9.94. The number of nitrogens with zero attached hydrogens (tertiary/aromatic N) is 1. The molecule has 0 saturated heterocycles. The average molecular weight is 571 g/mol. The molecule has 4 rings (SSSR count). The molecule has 0 spiro atoms. The maximum Gasteiger partial charge on any atom is 0.313 e. The number of aliphatic hydroxyl groups excluding tert-OH is 1. The Morgan fingerprint density at radius 2 is 1.52 bits per heavy atom. The molecule has 0 aliphatic heterocycles. The summed E-state index contributed by atoms with van der Waals surface area (Å²) < 4.78 is 20.6. The van der Waals surface area contributed by atoms with Crippen molar-refractivity contribution in [1.82, 2.24) is 4.57 Å². The summed E-state index contributed by atoms with van der Waals surface area (Å²) in [7, 11) is 1.21. The van der Waals surface area contributed by atoms with Gasteiger partial charge in [0.2, 0.25) is 0 Å². The number of Topliss-reactive ketones (excluding diaryl/α,β-unsaturated/α-hetero) is 1. The van der Waals surface area contributed by atoms with Crippen LogP contribution in [-0.2, 0) is 20.9 Å². The molecular weight excluding hydrogens is 535 g/mol. The first-order chi connectivity index (χ1) is 20.2. The van der Waals surface area contributed by atoms with E-state index in [0.717, 1.165) is 11.3 Å². The number of aromatic nitrogens is 1. The molecule has 1 atom stereocenters. The van der Waals surface area contributed by atoms with Gasteiger partial charge in [-0.3, -0.25) is 14.4 Å². The van der Waals surface area contributed by atoms with Crippen LogP contribution in [0.2, 0.25) is 0 Å². The van der Waals surface area contributed by atoms with Crippen LogP contribution in [0.15, 0.2) is 84.9 Å². The SMILES string of the molecule is COC(=O)CC(=O)C[C@H](O)CCn1c(-c2ccc(F)cc2)c(-c2ccccc2)c(C(=O)Nc2ccccc2)c1C(C)C. The Hall–Kier alpha value is -4.56. The number of rotatable bonds is 12. The van der Waals surface area contributed by atoms with Crippen molar-refractivity contribution in [2.24, 2.45) is 0 Å². The summed E-state index contributed by atoms with van der Waals surface area (Å²) in [5.74, 6) is -1.86. The maximum absolute atomic E-state index is 14.1. The van der Waals surface area contributed by atoms with Gasteiger partial charge in [-0.15, -0.1) is 0 Å². The van der Waals surface area contributed by atoms with Crippen LogP contribution in [0.3, 0.4) is 0 Å². The second kappa shape index (κ2) is 13.9. The number of carbonyl (C=O) groups is 3. The Morgan fingerprint density at radius 3 is 2.12 bits per heavy atom. The Labute approximate surface area is 245 Å². The Morgan fingerprint density at radius 1 is 0.905 bits per heavy atom. The third kappa shape index (κ3) is 7.19. The normalized spacial score (nSPS) is 11.8. The number of para-hydroxylation sites is 1. The van der Waals surface area contributed by atoms with E-state index in [1.165, 1.54) is 19.2 Å². The van der Waals surface area contributed by atoms with Crippen LogP contribution in [0.4, 0.5) is 10.1 Å². The van der Waals surface area contributed by atoms with E-state index in [0.29, 0.717) is 28.1 Å². The van der Waals surface area contributed by atoms with Crippen molar-refractivity contribution in [3.8, 4) is 22.4 Å². The van der Waals surface area contributed by atoms with E-state index in [4.69, 9.17) is 0 Å². The molecule has 8 heteroatoms. The highest BCUT2D eigenvalue weighted by Crippen LogP contribution is 2.42. The number of methoxy groups -OCH3 is 1. The molecule has 42 heavy (non-hydrogen) atoms. The number of amides is 1. The van der Waals surface area contributed by atoms with Gasteiger partial charge in [0, 0.05) is 29.9 Å². The van der Waals surface area contributed by atoms with Gasteiger partial charge in [0.15, 0.2) is 0 Å². The molecule has 218 valence electrons. The monoisotopic (exact) mass is 570 g/mol. The summed E-state index contributed by atoms with van der Waals surface area (Å²) in [4.78, 5) is 37.9. The summed E-state index contributed by atoms with van der Waals surface area (Å²) in [6, 6.07) is 24.8. The van der Waals surface area contributed by atoms with Crippen LogP contribution in [0.25, 0.3) is 22.4 Å². The number of halogens is 1. The van der Waals surface area contributed by atoms with E-state index in [-0.39, 0.29) is 37.0 Å². The van der Waals surface area contributed by atoms with Gasteiger partial charge >= 0.3 is 5.97 Å². The summed E-state index contributed by atoms with van der Waals surface area (Å²) in [5.41, 5.74) is 4.78. The molecule has 0 fully saturated rings. The first-order valence-electron chi connectivity index (χ1n) is 13.9. The number of anilines is 1. The van der Waals surface area contributed by atoms with Crippen molar-refractivity contribution in [2.75, 3.05) is 12.4 Å². The van der Waals surface area contributed by atoms with Crippen LogP contribution in [0.5, 0.6) is 0 Å². The minimum atomic E-state index is -1.02. The van der Waals surface area contributed by atoms with Crippen LogP contribution >= 0.6 is 0 Å². The van der Waals surface area contributed by atoms with E-state index in [1.807, 2.05) is 79.1 Å². The molecule has 0 bridgehead atoms. The van der Waals surface area contributed by atoms with Crippen LogP contribution in [-0.4, -0.2) is 40.5 Å². The quantitative estimate of drug-likeness (QED) is 0.148. The van der Waals surface area contributed by atoms with Gasteiger partial charge in [0.1, 0.15) is 18.0 Å². The van der Waals surface area contributed by atoms with E-state index in [2.05, 4.69) is 10.1 Å². The summed E-state index contributed by atoms with van der Waals surface area (Å²) >= 11 is 0. The number of ketones is 1. The molecule has 0 saturated carbocycles. The highest BCUT2D eigenvalue weighted by atomic mass is 19.1. The zero-order valence-electron chi connectivity index (χ0n) is 24.0. The first kappa shape index (κ1) is 30.4. The molecule has 1 heterocycles. The number of hydrogen-bond donors (Lipinski definition) is 2. The Balaban J connectivity index is 1.87. The topological polar surface area (TPSA) is 97.6 Å². The smallest absolute Gasteiger partial charge is 0.313 e.